The Balaban J connectivity index is 1.88. The molecule has 0 aromatic heterocycles. The first-order valence-corrected chi connectivity index (χ1v) is 7.75. The molecule has 1 aromatic carbocycles. The summed E-state index contributed by atoms with van der Waals surface area (Å²) in [5, 5.41) is 0. The van der Waals surface area contributed by atoms with Crippen LogP contribution in [0, 0.1) is 5.92 Å². The Bertz CT molecular complexity index is 488. The quantitative estimate of drug-likeness (QED) is 0.776. The Hall–Kier alpha value is -1.77. The summed E-state index contributed by atoms with van der Waals surface area (Å²) >= 11 is 0. The molecule has 0 saturated carbocycles. The van der Waals surface area contributed by atoms with E-state index in [9.17, 15) is 4.79 Å². The summed E-state index contributed by atoms with van der Waals surface area (Å²) in [4.78, 5) is 13.4. The van der Waals surface area contributed by atoms with Gasteiger partial charge in [-0.1, -0.05) is 32.6 Å². The minimum atomic E-state index is 0.0207. The molecule has 1 aliphatic rings. The number of amides is 1. The van der Waals surface area contributed by atoms with Gasteiger partial charge in [0.15, 0.2) is 0 Å². The fourth-order valence-corrected chi connectivity index (χ4v) is 2.73. The molecule has 3 heteroatoms. The Morgan fingerprint density at radius 1 is 1.43 bits per heavy atom. The molecule has 1 fully saturated rings. The number of carbonyl (C=O) groups excluding carboxylic acids is 1. The maximum absolute atomic E-state index is 11.5. The average Bonchev–Trinajstić information content (AvgIpc) is 2.47. The van der Waals surface area contributed by atoms with Crippen LogP contribution in [0.2, 0.25) is 0 Å². The van der Waals surface area contributed by atoms with Gasteiger partial charge >= 0.3 is 0 Å². The number of likely N-dealkylation sites (tertiary alicyclic amines) is 1. The Morgan fingerprint density at radius 2 is 2.14 bits per heavy atom. The molecular weight excluding hydrogens is 262 g/mol. The number of rotatable bonds is 5. The predicted octanol–water partition coefficient (Wildman–Crippen LogP) is 3.44. The van der Waals surface area contributed by atoms with Crippen LogP contribution in [0.25, 0.3) is 0 Å². The van der Waals surface area contributed by atoms with Gasteiger partial charge in [0.25, 0.3) is 0 Å². The monoisotopic (exact) mass is 287 g/mol. The lowest BCUT2D eigenvalue weighted by Crippen LogP contribution is -2.41. The van der Waals surface area contributed by atoms with Gasteiger partial charge in [-0.05, 0) is 36.1 Å². The highest BCUT2D eigenvalue weighted by atomic mass is 16.5. The standard InChI is InChI=1S/C18H25NO2/c1-4-18(20)19-10-8-16(9-11-19)21-17-7-5-6-15(13-17)12-14(2)3/h4-7,13-14,16H,1,8-12H2,2-3H3. The predicted molar refractivity (Wildman–Crippen MR) is 85.4 cm³/mol. The van der Waals surface area contributed by atoms with Gasteiger partial charge in [0.1, 0.15) is 11.9 Å². The molecule has 3 nitrogen and oxygen atoms in total. The van der Waals surface area contributed by atoms with Gasteiger partial charge in [0, 0.05) is 25.9 Å². The van der Waals surface area contributed by atoms with E-state index < -0.39 is 0 Å². The van der Waals surface area contributed by atoms with Crippen molar-refractivity contribution in [3.8, 4) is 5.75 Å². The topological polar surface area (TPSA) is 29.5 Å². The van der Waals surface area contributed by atoms with Crippen LogP contribution in [-0.4, -0.2) is 30.0 Å². The molecule has 1 amide bonds. The molecule has 1 saturated heterocycles. The number of hydrogen-bond donors (Lipinski definition) is 0. The molecule has 0 N–H and O–H groups in total. The van der Waals surface area contributed by atoms with Crippen LogP contribution >= 0.6 is 0 Å². The fraction of sp³-hybridized carbons (Fsp3) is 0.500. The van der Waals surface area contributed by atoms with E-state index in [1.807, 2.05) is 11.0 Å². The summed E-state index contributed by atoms with van der Waals surface area (Å²) in [6, 6.07) is 8.37. The van der Waals surface area contributed by atoms with Crippen LogP contribution in [0.4, 0.5) is 0 Å². The van der Waals surface area contributed by atoms with Gasteiger partial charge in [0.05, 0.1) is 0 Å². The third-order valence-electron chi connectivity index (χ3n) is 3.77. The van der Waals surface area contributed by atoms with Crippen molar-refractivity contribution in [1.82, 2.24) is 4.90 Å². The van der Waals surface area contributed by atoms with Crippen molar-refractivity contribution in [3.63, 3.8) is 0 Å². The van der Waals surface area contributed by atoms with Gasteiger partial charge in [-0.2, -0.15) is 0 Å². The maximum atomic E-state index is 11.5. The molecule has 2 rings (SSSR count). The number of piperidine rings is 1. The van der Waals surface area contributed by atoms with E-state index in [2.05, 4.69) is 38.6 Å². The van der Waals surface area contributed by atoms with Crippen LogP contribution in [0.5, 0.6) is 5.75 Å². The molecule has 0 radical (unpaired) electrons. The minimum absolute atomic E-state index is 0.0207. The lowest BCUT2D eigenvalue weighted by atomic mass is 10.0. The van der Waals surface area contributed by atoms with Crippen molar-refractivity contribution in [3.05, 3.63) is 42.5 Å². The van der Waals surface area contributed by atoms with E-state index in [1.54, 1.807) is 0 Å². The molecule has 0 atom stereocenters. The lowest BCUT2D eigenvalue weighted by molar-refractivity contribution is -0.127. The van der Waals surface area contributed by atoms with Crippen molar-refractivity contribution < 1.29 is 9.53 Å². The fourth-order valence-electron chi connectivity index (χ4n) is 2.73. The van der Waals surface area contributed by atoms with Crippen molar-refractivity contribution in [2.45, 2.75) is 39.2 Å². The van der Waals surface area contributed by atoms with Crippen LogP contribution in [-0.2, 0) is 11.2 Å². The van der Waals surface area contributed by atoms with Crippen molar-refractivity contribution in [1.29, 1.82) is 0 Å². The molecule has 0 unspecified atom stereocenters. The highest BCUT2D eigenvalue weighted by Crippen LogP contribution is 2.21. The van der Waals surface area contributed by atoms with E-state index in [0.717, 1.165) is 38.1 Å². The Labute approximate surface area is 127 Å². The lowest BCUT2D eigenvalue weighted by Gasteiger charge is -2.31. The van der Waals surface area contributed by atoms with Gasteiger partial charge in [-0.15, -0.1) is 0 Å². The van der Waals surface area contributed by atoms with E-state index in [4.69, 9.17) is 4.74 Å². The van der Waals surface area contributed by atoms with E-state index in [0.29, 0.717) is 5.92 Å². The summed E-state index contributed by atoms with van der Waals surface area (Å²) < 4.78 is 6.08. The highest BCUT2D eigenvalue weighted by Gasteiger charge is 2.22. The highest BCUT2D eigenvalue weighted by molar-refractivity contribution is 5.87. The van der Waals surface area contributed by atoms with Gasteiger partial charge in [-0.25, -0.2) is 0 Å². The number of benzene rings is 1. The molecular formula is C18H25NO2. The SMILES string of the molecule is C=CC(=O)N1CCC(Oc2cccc(CC(C)C)c2)CC1. The van der Waals surface area contributed by atoms with Gasteiger partial charge in [-0.3, -0.25) is 4.79 Å². The molecule has 1 aromatic rings. The molecule has 1 heterocycles. The maximum Gasteiger partial charge on any atom is 0.245 e. The van der Waals surface area contributed by atoms with E-state index >= 15 is 0 Å². The number of hydrogen-bond acceptors (Lipinski definition) is 2. The smallest absolute Gasteiger partial charge is 0.245 e. The first kappa shape index (κ1) is 15.6. The summed E-state index contributed by atoms with van der Waals surface area (Å²) in [5.74, 6) is 1.61. The van der Waals surface area contributed by atoms with E-state index in [-0.39, 0.29) is 12.0 Å². The number of carbonyl (C=O) groups is 1. The molecule has 114 valence electrons. The zero-order chi connectivity index (χ0) is 15.2. The van der Waals surface area contributed by atoms with Crippen molar-refractivity contribution in [2.75, 3.05) is 13.1 Å². The number of nitrogens with zero attached hydrogens (tertiary/aromatic N) is 1. The first-order chi connectivity index (χ1) is 10.1. The summed E-state index contributed by atoms with van der Waals surface area (Å²) in [7, 11) is 0. The zero-order valence-electron chi connectivity index (χ0n) is 13.0. The first-order valence-electron chi connectivity index (χ1n) is 7.75. The summed E-state index contributed by atoms with van der Waals surface area (Å²) in [6.07, 6.45) is 4.43. The number of ether oxygens (including phenoxy) is 1. The largest absolute Gasteiger partial charge is 0.490 e. The third kappa shape index (κ3) is 4.62. The van der Waals surface area contributed by atoms with Crippen LogP contribution in [0.3, 0.4) is 0 Å². The van der Waals surface area contributed by atoms with Gasteiger partial charge in [0.2, 0.25) is 5.91 Å². The summed E-state index contributed by atoms with van der Waals surface area (Å²) in [6.45, 7) is 9.48. The van der Waals surface area contributed by atoms with Gasteiger partial charge < -0.3 is 9.64 Å². The molecule has 0 aliphatic carbocycles. The molecule has 21 heavy (non-hydrogen) atoms. The third-order valence-corrected chi connectivity index (χ3v) is 3.77. The molecule has 1 aliphatic heterocycles. The second kappa shape index (κ2) is 7.30. The van der Waals surface area contributed by atoms with Crippen molar-refractivity contribution in [2.24, 2.45) is 5.92 Å². The second-order valence-corrected chi connectivity index (χ2v) is 6.09. The molecule has 0 spiro atoms. The van der Waals surface area contributed by atoms with Crippen LogP contribution in [0.15, 0.2) is 36.9 Å². The normalized spacial score (nSPS) is 16.0. The van der Waals surface area contributed by atoms with Crippen molar-refractivity contribution >= 4 is 5.91 Å². The second-order valence-electron chi connectivity index (χ2n) is 6.09. The Morgan fingerprint density at radius 3 is 2.76 bits per heavy atom. The van der Waals surface area contributed by atoms with E-state index in [1.165, 1.54) is 11.6 Å². The summed E-state index contributed by atoms with van der Waals surface area (Å²) in [5.41, 5.74) is 1.32. The Kier molecular flexibility index (Phi) is 5.43. The van der Waals surface area contributed by atoms with Crippen LogP contribution in [0.1, 0.15) is 32.3 Å². The molecule has 0 bridgehead atoms. The average molecular weight is 287 g/mol. The van der Waals surface area contributed by atoms with Crippen LogP contribution < -0.4 is 4.74 Å². The zero-order valence-corrected chi connectivity index (χ0v) is 13.0. The minimum Gasteiger partial charge on any atom is -0.490 e.